The van der Waals surface area contributed by atoms with Gasteiger partial charge in [0.25, 0.3) is 5.91 Å². The molecule has 2 rings (SSSR count). The van der Waals surface area contributed by atoms with Crippen molar-refractivity contribution in [2.24, 2.45) is 0 Å². The van der Waals surface area contributed by atoms with Gasteiger partial charge in [0, 0.05) is 13.1 Å². The normalized spacial score (nSPS) is 14.7. The van der Waals surface area contributed by atoms with Crippen LogP contribution in [0.2, 0.25) is 0 Å². The Morgan fingerprint density at radius 3 is 2.54 bits per heavy atom. The molecule has 0 bridgehead atoms. The molecular weight excluding hydrogens is 312 g/mol. The molecule has 1 aromatic rings. The summed E-state index contributed by atoms with van der Waals surface area (Å²) in [7, 11) is 1.55. The molecule has 1 saturated heterocycles. The first-order valence-electron chi connectivity index (χ1n) is 7.42. The van der Waals surface area contributed by atoms with E-state index >= 15 is 0 Å². The smallest absolute Gasteiger partial charge is 0.349 e. The quantitative estimate of drug-likeness (QED) is 0.455. The Hall–Kier alpha value is -2.85. The summed E-state index contributed by atoms with van der Waals surface area (Å²) in [6.07, 6.45) is 1.40. The number of nitrogens with zero attached hydrogens (tertiary/aromatic N) is 2. The molecule has 24 heavy (non-hydrogen) atoms. The van der Waals surface area contributed by atoms with E-state index in [1.807, 2.05) is 0 Å². The Balaban J connectivity index is 1.94. The molecule has 1 aliphatic rings. The molecule has 0 saturated carbocycles. The van der Waals surface area contributed by atoms with Crippen molar-refractivity contribution >= 4 is 18.0 Å². The molecule has 1 aromatic carbocycles. The Bertz CT molecular complexity index is 655. The number of amides is 1. The van der Waals surface area contributed by atoms with Gasteiger partial charge in [-0.15, -0.1) is 0 Å². The van der Waals surface area contributed by atoms with Crippen LogP contribution in [-0.2, 0) is 19.1 Å². The molecule has 7 heteroatoms. The van der Waals surface area contributed by atoms with Crippen LogP contribution in [0.4, 0.5) is 0 Å². The Labute approximate surface area is 140 Å². The number of benzene rings is 1. The summed E-state index contributed by atoms with van der Waals surface area (Å²) in [5, 5.41) is 9.12. The van der Waals surface area contributed by atoms with Crippen LogP contribution in [0, 0.1) is 11.3 Å². The average Bonchev–Trinajstić information content (AvgIpc) is 2.65. The molecule has 0 spiro atoms. The average molecular weight is 330 g/mol. The summed E-state index contributed by atoms with van der Waals surface area (Å²) in [4.78, 5) is 25.4. The lowest BCUT2D eigenvalue weighted by atomic mass is 10.1. The molecular formula is C17H18N2O5. The van der Waals surface area contributed by atoms with E-state index in [4.69, 9.17) is 19.5 Å². The highest BCUT2D eigenvalue weighted by atomic mass is 16.5. The van der Waals surface area contributed by atoms with Crippen LogP contribution in [0.3, 0.4) is 0 Å². The number of carbonyl (C=O) groups is 2. The highest BCUT2D eigenvalue weighted by Gasteiger charge is 2.19. The molecule has 0 atom stereocenters. The third-order valence-corrected chi connectivity index (χ3v) is 3.46. The lowest BCUT2D eigenvalue weighted by Crippen LogP contribution is -2.42. The van der Waals surface area contributed by atoms with Gasteiger partial charge in [0.05, 0.1) is 20.3 Å². The summed E-state index contributed by atoms with van der Waals surface area (Å²) >= 11 is 0. The van der Waals surface area contributed by atoms with E-state index in [1.54, 1.807) is 42.3 Å². The molecule has 1 heterocycles. The van der Waals surface area contributed by atoms with E-state index in [2.05, 4.69) is 0 Å². The molecule has 126 valence electrons. The highest BCUT2D eigenvalue weighted by Crippen LogP contribution is 2.14. The first kappa shape index (κ1) is 17.5. The zero-order valence-electron chi connectivity index (χ0n) is 13.4. The number of hydrogen-bond donors (Lipinski definition) is 0. The maximum Gasteiger partial charge on any atom is 0.349 e. The molecule has 0 aromatic heterocycles. The Kier molecular flexibility index (Phi) is 6.34. The van der Waals surface area contributed by atoms with Gasteiger partial charge in [-0.1, -0.05) is 12.1 Å². The first-order valence-corrected chi connectivity index (χ1v) is 7.42. The van der Waals surface area contributed by atoms with Crippen LogP contribution < -0.4 is 4.74 Å². The van der Waals surface area contributed by atoms with Crippen molar-refractivity contribution in [2.45, 2.75) is 0 Å². The highest BCUT2D eigenvalue weighted by molar-refractivity contribution is 5.98. The lowest BCUT2D eigenvalue weighted by Gasteiger charge is -2.26. The van der Waals surface area contributed by atoms with E-state index in [-0.39, 0.29) is 18.1 Å². The molecule has 0 unspecified atom stereocenters. The minimum atomic E-state index is -0.824. The number of carbonyl (C=O) groups excluding carboxylic acids is 2. The fourth-order valence-corrected chi connectivity index (χ4v) is 2.11. The minimum absolute atomic E-state index is 0.171. The number of rotatable bonds is 5. The number of nitriles is 1. The van der Waals surface area contributed by atoms with Crippen LogP contribution in [-0.4, -0.2) is 56.8 Å². The zero-order valence-corrected chi connectivity index (χ0v) is 13.4. The standard InChI is InChI=1S/C17H18N2O5/c1-22-15-4-2-13(3-5-15)10-14(11-18)17(21)24-12-16(20)19-6-8-23-9-7-19/h2-5,10H,6-9,12H2,1H3/b14-10-. The fraction of sp³-hybridized carbons (Fsp3) is 0.353. The van der Waals surface area contributed by atoms with Crippen LogP contribution >= 0.6 is 0 Å². The first-order chi connectivity index (χ1) is 11.6. The van der Waals surface area contributed by atoms with Gasteiger partial charge in [0.15, 0.2) is 6.61 Å². The molecule has 0 aliphatic carbocycles. The monoisotopic (exact) mass is 330 g/mol. The fourth-order valence-electron chi connectivity index (χ4n) is 2.11. The van der Waals surface area contributed by atoms with Gasteiger partial charge in [-0.05, 0) is 23.8 Å². The van der Waals surface area contributed by atoms with Gasteiger partial charge < -0.3 is 19.1 Å². The largest absolute Gasteiger partial charge is 0.497 e. The van der Waals surface area contributed by atoms with Crippen LogP contribution in [0.5, 0.6) is 5.75 Å². The van der Waals surface area contributed by atoms with Crippen LogP contribution in [0.1, 0.15) is 5.56 Å². The molecule has 1 aliphatic heterocycles. The van der Waals surface area contributed by atoms with E-state index < -0.39 is 5.97 Å². The lowest BCUT2D eigenvalue weighted by molar-refractivity contribution is -0.150. The van der Waals surface area contributed by atoms with Crippen molar-refractivity contribution in [1.29, 1.82) is 5.26 Å². The predicted molar refractivity (Wildman–Crippen MR) is 84.9 cm³/mol. The second-order valence-corrected chi connectivity index (χ2v) is 5.01. The zero-order chi connectivity index (χ0) is 17.4. The molecule has 7 nitrogen and oxygen atoms in total. The van der Waals surface area contributed by atoms with E-state index in [0.717, 1.165) is 0 Å². The second-order valence-electron chi connectivity index (χ2n) is 5.01. The second kappa shape index (κ2) is 8.70. The van der Waals surface area contributed by atoms with Crippen molar-refractivity contribution in [1.82, 2.24) is 4.90 Å². The number of ether oxygens (including phenoxy) is 3. The number of methoxy groups -OCH3 is 1. The van der Waals surface area contributed by atoms with Crippen molar-refractivity contribution in [3.63, 3.8) is 0 Å². The Morgan fingerprint density at radius 1 is 1.29 bits per heavy atom. The summed E-state index contributed by atoms with van der Waals surface area (Å²) < 4.78 is 15.1. The van der Waals surface area contributed by atoms with Crippen LogP contribution in [0.25, 0.3) is 6.08 Å². The number of morpholine rings is 1. The van der Waals surface area contributed by atoms with Gasteiger partial charge in [-0.25, -0.2) is 4.79 Å². The van der Waals surface area contributed by atoms with Crippen molar-refractivity contribution in [3.8, 4) is 11.8 Å². The predicted octanol–water partition coefficient (Wildman–Crippen LogP) is 1.00. The number of hydrogen-bond acceptors (Lipinski definition) is 6. The Morgan fingerprint density at radius 2 is 1.96 bits per heavy atom. The summed E-state index contributed by atoms with van der Waals surface area (Å²) in [6.45, 7) is 1.51. The van der Waals surface area contributed by atoms with Crippen LogP contribution in [0.15, 0.2) is 29.8 Å². The topological polar surface area (TPSA) is 88.9 Å². The molecule has 1 fully saturated rings. The van der Waals surface area contributed by atoms with E-state index in [1.165, 1.54) is 6.08 Å². The van der Waals surface area contributed by atoms with Gasteiger partial charge >= 0.3 is 5.97 Å². The van der Waals surface area contributed by atoms with Crippen molar-refractivity contribution in [2.75, 3.05) is 40.0 Å². The molecule has 0 radical (unpaired) electrons. The molecule has 0 N–H and O–H groups in total. The maximum absolute atomic E-state index is 12.0. The van der Waals surface area contributed by atoms with E-state index in [9.17, 15) is 9.59 Å². The minimum Gasteiger partial charge on any atom is -0.497 e. The van der Waals surface area contributed by atoms with E-state index in [0.29, 0.717) is 37.6 Å². The third kappa shape index (κ3) is 4.83. The maximum atomic E-state index is 12.0. The summed E-state index contributed by atoms with van der Waals surface area (Å²) in [6, 6.07) is 8.65. The van der Waals surface area contributed by atoms with Gasteiger partial charge in [-0.3, -0.25) is 4.79 Å². The number of esters is 1. The van der Waals surface area contributed by atoms with Crippen molar-refractivity contribution in [3.05, 3.63) is 35.4 Å². The summed E-state index contributed by atoms with van der Waals surface area (Å²) in [5.74, 6) is -0.451. The SMILES string of the molecule is COc1ccc(/C=C(/C#N)C(=O)OCC(=O)N2CCOCC2)cc1. The van der Waals surface area contributed by atoms with Gasteiger partial charge in [0.2, 0.25) is 0 Å². The van der Waals surface area contributed by atoms with Gasteiger partial charge in [-0.2, -0.15) is 5.26 Å². The van der Waals surface area contributed by atoms with Crippen molar-refractivity contribution < 1.29 is 23.8 Å². The summed E-state index contributed by atoms with van der Waals surface area (Å²) in [5.41, 5.74) is 0.485. The molecule has 1 amide bonds. The van der Waals surface area contributed by atoms with Gasteiger partial charge in [0.1, 0.15) is 17.4 Å². The third-order valence-electron chi connectivity index (χ3n) is 3.46.